The van der Waals surface area contributed by atoms with Gasteiger partial charge in [-0.2, -0.15) is 0 Å². The van der Waals surface area contributed by atoms with Crippen LogP contribution in [0.25, 0.3) is 0 Å². The van der Waals surface area contributed by atoms with E-state index in [0.29, 0.717) is 5.92 Å². The summed E-state index contributed by atoms with van der Waals surface area (Å²) in [6.07, 6.45) is 4.20. The van der Waals surface area contributed by atoms with Crippen molar-refractivity contribution in [1.82, 2.24) is 9.88 Å². The van der Waals surface area contributed by atoms with E-state index < -0.39 is 0 Å². The maximum Gasteiger partial charge on any atom is 0.128 e. The SMILES string of the molecule is Brc1ccc(N2CCC(c3ccc(OCCN4CCOCC4)cc3)CC2)nc1. The highest BCUT2D eigenvalue weighted by Crippen LogP contribution is 2.31. The summed E-state index contributed by atoms with van der Waals surface area (Å²) in [4.78, 5) is 9.30. The molecule has 5 nitrogen and oxygen atoms in total. The molecule has 2 aliphatic rings. The van der Waals surface area contributed by atoms with Gasteiger partial charge in [-0.1, -0.05) is 12.1 Å². The molecule has 1 aromatic heterocycles. The highest BCUT2D eigenvalue weighted by atomic mass is 79.9. The smallest absolute Gasteiger partial charge is 0.128 e. The molecule has 1 aromatic carbocycles. The number of rotatable bonds is 6. The quantitative estimate of drug-likeness (QED) is 0.672. The Bertz CT molecular complexity index is 724. The van der Waals surface area contributed by atoms with Crippen LogP contribution in [0.2, 0.25) is 0 Å². The molecule has 0 aliphatic carbocycles. The lowest BCUT2D eigenvalue weighted by atomic mass is 9.89. The summed E-state index contributed by atoms with van der Waals surface area (Å²) in [5, 5.41) is 0. The lowest BCUT2D eigenvalue weighted by Crippen LogP contribution is -2.38. The molecule has 2 aromatic rings. The van der Waals surface area contributed by atoms with E-state index in [1.54, 1.807) is 0 Å². The van der Waals surface area contributed by atoms with Crippen LogP contribution < -0.4 is 9.64 Å². The zero-order valence-electron chi connectivity index (χ0n) is 16.2. The molecular formula is C22H28BrN3O2. The van der Waals surface area contributed by atoms with E-state index in [2.05, 4.69) is 67.1 Å². The number of aromatic nitrogens is 1. The lowest BCUT2D eigenvalue weighted by Gasteiger charge is -2.33. The molecule has 150 valence electrons. The minimum absolute atomic E-state index is 0.620. The van der Waals surface area contributed by atoms with Gasteiger partial charge in [0.25, 0.3) is 0 Å². The zero-order valence-corrected chi connectivity index (χ0v) is 17.8. The zero-order chi connectivity index (χ0) is 19.2. The Morgan fingerprint density at radius 2 is 1.75 bits per heavy atom. The summed E-state index contributed by atoms with van der Waals surface area (Å²) in [5.41, 5.74) is 1.42. The second-order valence-corrected chi connectivity index (χ2v) is 8.38. The van der Waals surface area contributed by atoms with E-state index >= 15 is 0 Å². The van der Waals surface area contributed by atoms with Crippen LogP contribution in [-0.4, -0.2) is 62.4 Å². The third-order valence-corrected chi connectivity index (χ3v) is 6.13. The third-order valence-electron chi connectivity index (χ3n) is 5.66. The van der Waals surface area contributed by atoms with Crippen molar-refractivity contribution < 1.29 is 9.47 Å². The molecule has 2 saturated heterocycles. The molecule has 0 bridgehead atoms. The molecule has 4 rings (SSSR count). The van der Waals surface area contributed by atoms with Crippen LogP contribution in [0.1, 0.15) is 24.3 Å². The number of nitrogens with zero attached hydrogens (tertiary/aromatic N) is 3. The molecule has 0 spiro atoms. The standard InChI is InChI=1S/C22H28BrN3O2/c23-20-3-6-22(24-17-20)26-9-7-19(8-10-26)18-1-4-21(5-2-18)28-16-13-25-11-14-27-15-12-25/h1-6,17,19H,7-16H2. The van der Waals surface area contributed by atoms with Crippen LogP contribution in [0.3, 0.4) is 0 Å². The minimum atomic E-state index is 0.620. The van der Waals surface area contributed by atoms with Crippen LogP contribution in [-0.2, 0) is 4.74 Å². The van der Waals surface area contributed by atoms with E-state index in [-0.39, 0.29) is 0 Å². The molecule has 0 saturated carbocycles. The first-order valence-corrected chi connectivity index (χ1v) is 11.0. The van der Waals surface area contributed by atoms with Gasteiger partial charge < -0.3 is 14.4 Å². The summed E-state index contributed by atoms with van der Waals surface area (Å²) in [5.74, 6) is 2.66. The Labute approximate surface area is 175 Å². The molecule has 2 aliphatic heterocycles. The predicted molar refractivity (Wildman–Crippen MR) is 115 cm³/mol. The van der Waals surface area contributed by atoms with Crippen LogP contribution >= 0.6 is 15.9 Å². The average molecular weight is 446 g/mol. The lowest BCUT2D eigenvalue weighted by molar-refractivity contribution is 0.0322. The molecule has 28 heavy (non-hydrogen) atoms. The summed E-state index contributed by atoms with van der Waals surface area (Å²) < 4.78 is 12.3. The van der Waals surface area contributed by atoms with Crippen molar-refractivity contribution in [3.63, 3.8) is 0 Å². The normalized spacial score (nSPS) is 19.0. The van der Waals surface area contributed by atoms with E-state index in [4.69, 9.17) is 9.47 Å². The minimum Gasteiger partial charge on any atom is -0.492 e. The van der Waals surface area contributed by atoms with Gasteiger partial charge in [-0.15, -0.1) is 0 Å². The number of hydrogen-bond acceptors (Lipinski definition) is 5. The Balaban J connectivity index is 1.23. The van der Waals surface area contributed by atoms with Crippen molar-refractivity contribution in [2.24, 2.45) is 0 Å². The van der Waals surface area contributed by atoms with Crippen LogP contribution in [0.5, 0.6) is 5.75 Å². The van der Waals surface area contributed by atoms with Gasteiger partial charge in [0, 0.05) is 43.4 Å². The third kappa shape index (κ3) is 5.25. The number of halogens is 1. The second kappa shape index (κ2) is 9.72. The number of morpholine rings is 1. The molecule has 0 N–H and O–H groups in total. The molecule has 0 radical (unpaired) electrons. The highest BCUT2D eigenvalue weighted by Gasteiger charge is 2.21. The van der Waals surface area contributed by atoms with Crippen molar-refractivity contribution in [2.75, 3.05) is 57.4 Å². The Morgan fingerprint density at radius 3 is 2.43 bits per heavy atom. The van der Waals surface area contributed by atoms with E-state index in [0.717, 1.165) is 81.4 Å². The van der Waals surface area contributed by atoms with Crippen LogP contribution in [0.15, 0.2) is 47.1 Å². The highest BCUT2D eigenvalue weighted by molar-refractivity contribution is 9.10. The van der Waals surface area contributed by atoms with Gasteiger partial charge in [-0.05, 0) is 64.5 Å². The number of ether oxygens (including phenoxy) is 2. The van der Waals surface area contributed by atoms with Crippen LogP contribution in [0.4, 0.5) is 5.82 Å². The van der Waals surface area contributed by atoms with Gasteiger partial charge in [0.2, 0.25) is 0 Å². The fourth-order valence-corrected chi connectivity index (χ4v) is 4.19. The van der Waals surface area contributed by atoms with E-state index in [1.807, 2.05) is 6.20 Å². The average Bonchev–Trinajstić information content (AvgIpc) is 2.76. The van der Waals surface area contributed by atoms with Gasteiger partial charge in [0.15, 0.2) is 0 Å². The maximum atomic E-state index is 5.93. The van der Waals surface area contributed by atoms with Gasteiger partial charge in [0.1, 0.15) is 18.2 Å². The first kappa shape index (κ1) is 19.7. The molecule has 0 atom stereocenters. The molecule has 0 amide bonds. The van der Waals surface area contributed by atoms with Gasteiger partial charge in [-0.3, -0.25) is 4.90 Å². The molecule has 2 fully saturated rings. The summed E-state index contributed by atoms with van der Waals surface area (Å²) in [6, 6.07) is 12.9. The van der Waals surface area contributed by atoms with Gasteiger partial charge in [0.05, 0.1) is 13.2 Å². The summed E-state index contributed by atoms with van der Waals surface area (Å²) >= 11 is 3.45. The molecule has 3 heterocycles. The Hall–Kier alpha value is -1.63. The number of piperidine rings is 1. The number of pyridine rings is 1. The molecular weight excluding hydrogens is 418 g/mol. The van der Waals surface area contributed by atoms with Crippen molar-refractivity contribution in [3.8, 4) is 5.75 Å². The topological polar surface area (TPSA) is 37.8 Å². The number of anilines is 1. The maximum absolute atomic E-state index is 5.93. The fraction of sp³-hybridized carbons (Fsp3) is 0.500. The van der Waals surface area contributed by atoms with E-state index in [9.17, 15) is 0 Å². The van der Waals surface area contributed by atoms with Crippen LogP contribution in [0, 0.1) is 0 Å². The second-order valence-electron chi connectivity index (χ2n) is 7.47. The van der Waals surface area contributed by atoms with Gasteiger partial charge in [-0.25, -0.2) is 4.98 Å². The van der Waals surface area contributed by atoms with E-state index in [1.165, 1.54) is 5.56 Å². The fourth-order valence-electron chi connectivity index (χ4n) is 3.95. The predicted octanol–water partition coefficient (Wildman–Crippen LogP) is 3.94. The molecule has 0 unspecified atom stereocenters. The van der Waals surface area contributed by atoms with Crippen molar-refractivity contribution in [1.29, 1.82) is 0 Å². The monoisotopic (exact) mass is 445 g/mol. The van der Waals surface area contributed by atoms with Gasteiger partial charge >= 0.3 is 0 Å². The summed E-state index contributed by atoms with van der Waals surface area (Å²) in [7, 11) is 0. The first-order valence-electron chi connectivity index (χ1n) is 10.2. The van der Waals surface area contributed by atoms with Crippen molar-refractivity contribution in [2.45, 2.75) is 18.8 Å². The number of benzene rings is 1. The Morgan fingerprint density at radius 1 is 1.00 bits per heavy atom. The van der Waals surface area contributed by atoms with Crippen molar-refractivity contribution in [3.05, 3.63) is 52.6 Å². The molecule has 6 heteroatoms. The first-order chi connectivity index (χ1) is 13.8. The number of hydrogen-bond donors (Lipinski definition) is 0. The summed E-state index contributed by atoms with van der Waals surface area (Å²) in [6.45, 7) is 7.50. The van der Waals surface area contributed by atoms with Crippen molar-refractivity contribution >= 4 is 21.7 Å². The Kier molecular flexibility index (Phi) is 6.83. The largest absolute Gasteiger partial charge is 0.492 e.